The molecule has 1 rings (SSSR count). The highest BCUT2D eigenvalue weighted by atomic mass is 16.6. The van der Waals surface area contributed by atoms with Gasteiger partial charge >= 0.3 is 5.97 Å². The number of rotatable bonds is 3. The van der Waals surface area contributed by atoms with Gasteiger partial charge in [0, 0.05) is 0 Å². The van der Waals surface area contributed by atoms with E-state index in [1.165, 1.54) is 14.2 Å². The Balaban J connectivity index is 2.52. The van der Waals surface area contributed by atoms with Crippen molar-refractivity contribution in [1.29, 1.82) is 0 Å². The molecule has 0 aromatic rings. The van der Waals surface area contributed by atoms with E-state index in [9.17, 15) is 14.7 Å². The lowest BCUT2D eigenvalue weighted by Crippen LogP contribution is -2.42. The average molecular weight is 231 g/mol. The number of carbonyl (C=O) groups excluding carboxylic acids is 2. The molecule has 3 atom stereocenters. The lowest BCUT2D eigenvalue weighted by atomic mass is 9.79. The zero-order valence-corrected chi connectivity index (χ0v) is 9.43. The van der Waals surface area contributed by atoms with E-state index < -0.39 is 12.0 Å². The Hall–Kier alpha value is -1.14. The fraction of sp³-hybridized carbons (Fsp3) is 0.800. The molecule has 3 unspecified atom stereocenters. The molecule has 16 heavy (non-hydrogen) atoms. The van der Waals surface area contributed by atoms with Gasteiger partial charge in [-0.05, 0) is 19.3 Å². The molecular weight excluding hydrogens is 214 g/mol. The first-order valence-electron chi connectivity index (χ1n) is 5.18. The van der Waals surface area contributed by atoms with Crippen molar-refractivity contribution >= 4 is 11.9 Å². The molecular formula is C10H17NO5. The lowest BCUT2D eigenvalue weighted by molar-refractivity contribution is -0.152. The second-order valence-electron chi connectivity index (χ2n) is 3.88. The standard InChI is InChI=1S/C10H17NO5/c1-15-10(14)6-3-4-7(8(12)5-6)9(13)11-16-2/h6-8,12H,3-5H2,1-2H3,(H,11,13). The summed E-state index contributed by atoms with van der Waals surface area (Å²) in [4.78, 5) is 27.2. The Morgan fingerprint density at radius 1 is 1.31 bits per heavy atom. The van der Waals surface area contributed by atoms with Gasteiger partial charge in [-0.25, -0.2) is 5.48 Å². The second-order valence-corrected chi connectivity index (χ2v) is 3.88. The first kappa shape index (κ1) is 12.9. The van der Waals surface area contributed by atoms with Crippen LogP contribution < -0.4 is 5.48 Å². The van der Waals surface area contributed by atoms with Gasteiger partial charge in [0.2, 0.25) is 5.91 Å². The molecule has 1 saturated carbocycles. The molecule has 0 bridgehead atoms. The van der Waals surface area contributed by atoms with Crippen LogP contribution in [-0.2, 0) is 19.2 Å². The quantitative estimate of drug-likeness (QED) is 0.510. The second kappa shape index (κ2) is 5.81. The summed E-state index contributed by atoms with van der Waals surface area (Å²) >= 11 is 0. The Bertz CT molecular complexity index is 268. The summed E-state index contributed by atoms with van der Waals surface area (Å²) < 4.78 is 4.61. The zero-order chi connectivity index (χ0) is 12.1. The molecule has 1 aliphatic carbocycles. The van der Waals surface area contributed by atoms with Crippen LogP contribution in [0.4, 0.5) is 0 Å². The van der Waals surface area contributed by atoms with Crippen molar-refractivity contribution in [2.24, 2.45) is 11.8 Å². The number of aliphatic hydroxyl groups is 1. The maximum absolute atomic E-state index is 11.4. The Morgan fingerprint density at radius 2 is 2.00 bits per heavy atom. The zero-order valence-electron chi connectivity index (χ0n) is 9.43. The molecule has 6 nitrogen and oxygen atoms in total. The van der Waals surface area contributed by atoms with Crippen molar-refractivity contribution in [1.82, 2.24) is 5.48 Å². The van der Waals surface area contributed by atoms with E-state index in [-0.39, 0.29) is 24.2 Å². The monoisotopic (exact) mass is 231 g/mol. The molecule has 1 amide bonds. The summed E-state index contributed by atoms with van der Waals surface area (Å²) in [5, 5.41) is 9.76. The van der Waals surface area contributed by atoms with Gasteiger partial charge in [-0.15, -0.1) is 0 Å². The number of esters is 1. The summed E-state index contributed by atoms with van der Waals surface area (Å²) in [6.07, 6.45) is 0.434. The van der Waals surface area contributed by atoms with Crippen LogP contribution in [0.3, 0.4) is 0 Å². The van der Waals surface area contributed by atoms with E-state index in [1.54, 1.807) is 0 Å². The summed E-state index contributed by atoms with van der Waals surface area (Å²) in [7, 11) is 2.66. The highest BCUT2D eigenvalue weighted by Gasteiger charge is 2.37. The van der Waals surface area contributed by atoms with E-state index in [2.05, 4.69) is 15.1 Å². The molecule has 6 heteroatoms. The highest BCUT2D eigenvalue weighted by Crippen LogP contribution is 2.30. The van der Waals surface area contributed by atoms with Crippen molar-refractivity contribution in [2.75, 3.05) is 14.2 Å². The normalized spacial score (nSPS) is 29.6. The number of ether oxygens (including phenoxy) is 1. The van der Waals surface area contributed by atoms with Gasteiger partial charge < -0.3 is 9.84 Å². The third-order valence-corrected chi connectivity index (χ3v) is 2.89. The van der Waals surface area contributed by atoms with Gasteiger partial charge in [-0.3, -0.25) is 14.4 Å². The van der Waals surface area contributed by atoms with Gasteiger partial charge in [-0.1, -0.05) is 0 Å². The number of hydroxylamine groups is 1. The van der Waals surface area contributed by atoms with Crippen LogP contribution in [-0.4, -0.2) is 37.3 Å². The highest BCUT2D eigenvalue weighted by molar-refractivity contribution is 5.79. The number of hydrogen-bond donors (Lipinski definition) is 2. The molecule has 0 saturated heterocycles. The SMILES string of the molecule is CONC(=O)C1CCC(C(=O)OC)CC1O. The molecule has 2 N–H and O–H groups in total. The van der Waals surface area contributed by atoms with Crippen LogP contribution in [0.2, 0.25) is 0 Å². The molecule has 1 aliphatic rings. The molecule has 0 radical (unpaired) electrons. The maximum Gasteiger partial charge on any atom is 0.308 e. The van der Waals surface area contributed by atoms with E-state index in [0.29, 0.717) is 12.8 Å². The number of nitrogens with one attached hydrogen (secondary N) is 1. The van der Waals surface area contributed by atoms with E-state index in [4.69, 9.17) is 0 Å². The third kappa shape index (κ3) is 2.93. The van der Waals surface area contributed by atoms with E-state index in [0.717, 1.165) is 0 Å². The van der Waals surface area contributed by atoms with E-state index in [1.807, 2.05) is 0 Å². The first-order valence-corrected chi connectivity index (χ1v) is 5.18. The summed E-state index contributed by atoms with van der Waals surface area (Å²) in [5.41, 5.74) is 2.19. The molecule has 0 aliphatic heterocycles. The molecule has 0 aromatic carbocycles. The minimum Gasteiger partial charge on any atom is -0.469 e. The molecule has 0 heterocycles. The largest absolute Gasteiger partial charge is 0.469 e. The molecule has 92 valence electrons. The maximum atomic E-state index is 11.4. The van der Waals surface area contributed by atoms with Crippen molar-refractivity contribution in [3.8, 4) is 0 Å². The summed E-state index contributed by atoms with van der Waals surface area (Å²) in [6.45, 7) is 0. The Labute approximate surface area is 93.9 Å². The fourth-order valence-corrected chi connectivity index (χ4v) is 2.01. The van der Waals surface area contributed by atoms with Crippen molar-refractivity contribution < 1.29 is 24.3 Å². The first-order chi connectivity index (χ1) is 7.60. The van der Waals surface area contributed by atoms with Crippen molar-refractivity contribution in [3.63, 3.8) is 0 Å². The smallest absolute Gasteiger partial charge is 0.308 e. The minimum absolute atomic E-state index is 0.258. The molecule has 0 spiro atoms. The summed E-state index contributed by atoms with van der Waals surface area (Å²) in [5.74, 6) is -1.50. The molecule has 1 fully saturated rings. The van der Waals surface area contributed by atoms with Gasteiger partial charge in [0.1, 0.15) is 0 Å². The number of hydrogen-bond acceptors (Lipinski definition) is 5. The van der Waals surface area contributed by atoms with Gasteiger partial charge in [0.15, 0.2) is 0 Å². The van der Waals surface area contributed by atoms with Crippen molar-refractivity contribution in [2.45, 2.75) is 25.4 Å². The van der Waals surface area contributed by atoms with Crippen LogP contribution >= 0.6 is 0 Å². The minimum atomic E-state index is -0.826. The van der Waals surface area contributed by atoms with Gasteiger partial charge in [0.25, 0.3) is 0 Å². The van der Waals surface area contributed by atoms with Crippen LogP contribution in [0.1, 0.15) is 19.3 Å². The number of carbonyl (C=O) groups is 2. The van der Waals surface area contributed by atoms with Crippen LogP contribution in [0.25, 0.3) is 0 Å². The molecule has 0 aromatic heterocycles. The van der Waals surface area contributed by atoms with Crippen LogP contribution in [0.15, 0.2) is 0 Å². The third-order valence-electron chi connectivity index (χ3n) is 2.89. The number of amides is 1. The predicted molar refractivity (Wildman–Crippen MR) is 54.0 cm³/mol. The predicted octanol–water partition coefficient (Wildman–Crippen LogP) is -0.386. The van der Waals surface area contributed by atoms with Crippen LogP contribution in [0, 0.1) is 11.8 Å². The Kier molecular flexibility index (Phi) is 4.70. The summed E-state index contributed by atoms with van der Waals surface area (Å²) in [6, 6.07) is 0. The topological polar surface area (TPSA) is 84.9 Å². The number of methoxy groups -OCH3 is 1. The van der Waals surface area contributed by atoms with Gasteiger partial charge in [-0.2, -0.15) is 0 Å². The van der Waals surface area contributed by atoms with E-state index >= 15 is 0 Å². The average Bonchev–Trinajstić information content (AvgIpc) is 2.28. The fourth-order valence-electron chi connectivity index (χ4n) is 2.01. The van der Waals surface area contributed by atoms with Crippen LogP contribution in [0.5, 0.6) is 0 Å². The lowest BCUT2D eigenvalue weighted by Gasteiger charge is -2.30. The van der Waals surface area contributed by atoms with Crippen molar-refractivity contribution in [3.05, 3.63) is 0 Å². The Morgan fingerprint density at radius 3 is 2.50 bits per heavy atom. The van der Waals surface area contributed by atoms with Gasteiger partial charge in [0.05, 0.1) is 32.2 Å². The number of aliphatic hydroxyl groups excluding tert-OH is 1.